The Labute approximate surface area is 126 Å². The van der Waals surface area contributed by atoms with E-state index in [1.54, 1.807) is 0 Å². The van der Waals surface area contributed by atoms with Gasteiger partial charge >= 0.3 is 0 Å². The van der Waals surface area contributed by atoms with Gasteiger partial charge in [0.15, 0.2) is 0 Å². The van der Waals surface area contributed by atoms with Crippen LogP contribution < -0.4 is 10.1 Å². The highest BCUT2D eigenvalue weighted by Crippen LogP contribution is 2.13. The van der Waals surface area contributed by atoms with Crippen LogP contribution >= 0.6 is 0 Å². The highest BCUT2D eigenvalue weighted by Gasteiger charge is 1.99. The molecule has 3 N–H and O–H groups in total. The molecule has 0 aromatic heterocycles. The highest BCUT2D eigenvalue weighted by molar-refractivity contribution is 5.27. The summed E-state index contributed by atoms with van der Waals surface area (Å²) in [5, 5.41) is 11.0. The number of quaternary nitrogens is 1. The average molecular weight is 286 g/mol. The summed E-state index contributed by atoms with van der Waals surface area (Å²) in [6.07, 6.45) is 1.96. The summed E-state index contributed by atoms with van der Waals surface area (Å²) < 4.78 is 5.77. The molecule has 0 aliphatic heterocycles. The smallest absolute Gasteiger partial charge is 0.119 e. The van der Waals surface area contributed by atoms with Gasteiger partial charge in [-0.15, -0.1) is 0 Å². The van der Waals surface area contributed by atoms with Gasteiger partial charge < -0.3 is 15.2 Å². The Hall–Kier alpha value is -1.84. The summed E-state index contributed by atoms with van der Waals surface area (Å²) in [5.74, 6) is 0.905. The topological polar surface area (TPSA) is 46.1 Å². The van der Waals surface area contributed by atoms with Crippen LogP contribution in [0.15, 0.2) is 54.6 Å². The minimum Gasteiger partial charge on any atom is -0.489 e. The number of rotatable bonds is 9. The number of nitrogens with two attached hydrogens (primary N) is 1. The molecule has 112 valence electrons. The number of unbranched alkanes of at least 4 members (excludes halogenated alkanes) is 1. The molecule has 0 heterocycles. The van der Waals surface area contributed by atoms with E-state index in [2.05, 4.69) is 29.6 Å². The zero-order valence-corrected chi connectivity index (χ0v) is 12.4. The molecule has 0 fully saturated rings. The predicted octanol–water partition coefficient (Wildman–Crippen LogP) is 2.10. The van der Waals surface area contributed by atoms with Crippen LogP contribution in [-0.4, -0.2) is 18.3 Å². The van der Waals surface area contributed by atoms with E-state index < -0.39 is 0 Å². The first-order valence-corrected chi connectivity index (χ1v) is 7.56. The van der Waals surface area contributed by atoms with Crippen molar-refractivity contribution in [2.75, 3.05) is 13.2 Å². The lowest BCUT2D eigenvalue weighted by Gasteiger charge is -2.07. The lowest BCUT2D eigenvalue weighted by atomic mass is 10.2. The van der Waals surface area contributed by atoms with Crippen molar-refractivity contribution >= 4 is 0 Å². The number of aliphatic hydroxyl groups is 1. The summed E-state index contributed by atoms with van der Waals surface area (Å²) in [6, 6.07) is 18.5. The molecule has 2 aromatic carbocycles. The first kappa shape index (κ1) is 15.5. The van der Waals surface area contributed by atoms with Crippen molar-refractivity contribution in [3.8, 4) is 5.75 Å². The Morgan fingerprint density at radius 2 is 1.62 bits per heavy atom. The molecule has 0 unspecified atom stereocenters. The molecule has 0 spiro atoms. The fourth-order valence-electron chi connectivity index (χ4n) is 2.13. The van der Waals surface area contributed by atoms with E-state index in [0.29, 0.717) is 13.2 Å². The summed E-state index contributed by atoms with van der Waals surface area (Å²) >= 11 is 0. The molecule has 0 aliphatic carbocycles. The third kappa shape index (κ3) is 5.98. The van der Waals surface area contributed by atoms with Gasteiger partial charge in [0, 0.05) is 12.2 Å². The first-order chi connectivity index (χ1) is 10.4. The zero-order chi connectivity index (χ0) is 14.8. The molecule has 0 saturated heterocycles. The second-order valence-corrected chi connectivity index (χ2v) is 5.13. The van der Waals surface area contributed by atoms with E-state index in [9.17, 15) is 0 Å². The van der Waals surface area contributed by atoms with Gasteiger partial charge in [-0.05, 0) is 42.7 Å². The SMILES string of the molecule is OCCCC[NH2+]Cc1ccc(OCc2ccccc2)cc1. The van der Waals surface area contributed by atoms with Crippen LogP contribution in [0.5, 0.6) is 5.75 Å². The highest BCUT2D eigenvalue weighted by atomic mass is 16.5. The lowest BCUT2D eigenvalue weighted by molar-refractivity contribution is -0.671. The molecule has 0 radical (unpaired) electrons. The summed E-state index contributed by atoms with van der Waals surface area (Å²) in [4.78, 5) is 0. The number of hydrogen-bond donors (Lipinski definition) is 2. The van der Waals surface area contributed by atoms with Crippen LogP contribution in [0.4, 0.5) is 0 Å². The fraction of sp³-hybridized carbons (Fsp3) is 0.333. The number of hydrogen-bond acceptors (Lipinski definition) is 2. The second kappa shape index (κ2) is 9.16. The van der Waals surface area contributed by atoms with E-state index in [-0.39, 0.29) is 0 Å². The van der Waals surface area contributed by atoms with Gasteiger partial charge in [0.2, 0.25) is 0 Å². The van der Waals surface area contributed by atoms with Crippen molar-refractivity contribution < 1.29 is 15.2 Å². The van der Waals surface area contributed by atoms with Gasteiger partial charge in [-0.3, -0.25) is 0 Å². The molecule has 0 amide bonds. The van der Waals surface area contributed by atoms with Crippen molar-refractivity contribution in [1.29, 1.82) is 0 Å². The molecule has 3 nitrogen and oxygen atoms in total. The Balaban J connectivity index is 1.71. The van der Waals surface area contributed by atoms with Gasteiger partial charge in [0.05, 0.1) is 6.54 Å². The maximum absolute atomic E-state index is 8.72. The van der Waals surface area contributed by atoms with E-state index >= 15 is 0 Å². The van der Waals surface area contributed by atoms with Gasteiger partial charge in [0.1, 0.15) is 18.9 Å². The van der Waals surface area contributed by atoms with Gasteiger partial charge in [-0.25, -0.2) is 0 Å². The third-order valence-electron chi connectivity index (χ3n) is 3.37. The van der Waals surface area contributed by atoms with Gasteiger partial charge in [0.25, 0.3) is 0 Å². The monoisotopic (exact) mass is 286 g/mol. The molecule has 0 aliphatic rings. The molecule has 2 rings (SSSR count). The Kier molecular flexibility index (Phi) is 6.78. The summed E-state index contributed by atoms with van der Waals surface area (Å²) in [5.41, 5.74) is 2.48. The van der Waals surface area contributed by atoms with Gasteiger partial charge in [-0.1, -0.05) is 30.3 Å². The molecule has 3 heteroatoms. The zero-order valence-electron chi connectivity index (χ0n) is 12.4. The molecule has 21 heavy (non-hydrogen) atoms. The Morgan fingerprint density at radius 1 is 0.857 bits per heavy atom. The van der Waals surface area contributed by atoms with E-state index in [1.807, 2.05) is 30.3 Å². The Morgan fingerprint density at radius 3 is 2.33 bits per heavy atom. The van der Waals surface area contributed by atoms with Crippen LogP contribution in [0, 0.1) is 0 Å². The predicted molar refractivity (Wildman–Crippen MR) is 84.0 cm³/mol. The van der Waals surface area contributed by atoms with E-state index in [4.69, 9.17) is 9.84 Å². The number of aliphatic hydroxyl groups excluding tert-OH is 1. The fourth-order valence-corrected chi connectivity index (χ4v) is 2.13. The minimum absolute atomic E-state index is 0.293. The van der Waals surface area contributed by atoms with Crippen LogP contribution in [0.2, 0.25) is 0 Å². The maximum Gasteiger partial charge on any atom is 0.119 e. The molecular weight excluding hydrogens is 262 g/mol. The van der Waals surface area contributed by atoms with Crippen LogP contribution in [0.3, 0.4) is 0 Å². The van der Waals surface area contributed by atoms with Crippen LogP contribution in [0.1, 0.15) is 24.0 Å². The largest absolute Gasteiger partial charge is 0.489 e. The molecule has 0 bridgehead atoms. The second-order valence-electron chi connectivity index (χ2n) is 5.13. The van der Waals surface area contributed by atoms with Crippen molar-refractivity contribution in [3.63, 3.8) is 0 Å². The number of benzene rings is 2. The minimum atomic E-state index is 0.293. The normalized spacial score (nSPS) is 10.5. The van der Waals surface area contributed by atoms with E-state index in [1.165, 1.54) is 11.1 Å². The van der Waals surface area contributed by atoms with Gasteiger partial charge in [-0.2, -0.15) is 0 Å². The molecule has 0 atom stereocenters. The van der Waals surface area contributed by atoms with Crippen LogP contribution in [0.25, 0.3) is 0 Å². The van der Waals surface area contributed by atoms with Crippen molar-refractivity contribution in [2.45, 2.75) is 26.0 Å². The quantitative estimate of drug-likeness (QED) is 0.694. The maximum atomic E-state index is 8.72. The van der Waals surface area contributed by atoms with Crippen molar-refractivity contribution in [2.24, 2.45) is 0 Å². The lowest BCUT2D eigenvalue weighted by Crippen LogP contribution is -2.82. The average Bonchev–Trinajstić information content (AvgIpc) is 2.55. The van der Waals surface area contributed by atoms with E-state index in [0.717, 1.165) is 31.7 Å². The summed E-state index contributed by atoms with van der Waals surface area (Å²) in [7, 11) is 0. The van der Waals surface area contributed by atoms with Crippen molar-refractivity contribution in [3.05, 3.63) is 65.7 Å². The first-order valence-electron chi connectivity index (χ1n) is 7.56. The van der Waals surface area contributed by atoms with Crippen molar-refractivity contribution in [1.82, 2.24) is 0 Å². The molecular formula is C18H24NO2+. The summed E-state index contributed by atoms with van der Waals surface area (Å²) in [6.45, 7) is 2.94. The Bertz CT molecular complexity index is 496. The standard InChI is InChI=1S/C18H23NO2/c20-13-5-4-12-19-14-16-8-10-18(11-9-16)21-15-17-6-2-1-3-7-17/h1-3,6-11,19-20H,4-5,12-15H2/p+1. The van der Waals surface area contributed by atoms with Crippen LogP contribution in [-0.2, 0) is 13.2 Å². The number of ether oxygens (including phenoxy) is 1. The molecule has 2 aromatic rings. The third-order valence-corrected chi connectivity index (χ3v) is 3.37. The molecule has 0 saturated carbocycles.